The van der Waals surface area contributed by atoms with Crippen molar-refractivity contribution in [1.29, 1.82) is 0 Å². The molecule has 0 aliphatic heterocycles. The van der Waals surface area contributed by atoms with E-state index in [1.165, 1.54) is 25.7 Å². The average molecular weight is 279 g/mol. The molecule has 0 heterocycles. The molecular weight excluding hydrogens is 254 g/mol. The molecule has 5 nitrogen and oxygen atoms in total. The molecule has 3 saturated carbocycles. The molecule has 5 heteroatoms. The highest BCUT2D eigenvalue weighted by molar-refractivity contribution is 6.07. The van der Waals surface area contributed by atoms with Gasteiger partial charge in [0.05, 0.1) is 0 Å². The largest absolute Gasteiger partial charge is 0.409 e. The van der Waals surface area contributed by atoms with Crippen molar-refractivity contribution in [2.24, 2.45) is 40.0 Å². The van der Waals surface area contributed by atoms with Gasteiger partial charge in [0.25, 0.3) is 0 Å². The van der Waals surface area contributed by atoms with E-state index in [0.717, 1.165) is 18.4 Å². The SMILES string of the molecule is CC1CC(C(=O)NCC(C2CC2)C2CC2)(C(N)=NO)C1. The Kier molecular flexibility index (Phi) is 3.38. The molecule has 0 aromatic rings. The molecule has 112 valence electrons. The van der Waals surface area contributed by atoms with Crippen LogP contribution in [0.2, 0.25) is 0 Å². The Morgan fingerprint density at radius 3 is 2.30 bits per heavy atom. The predicted molar refractivity (Wildman–Crippen MR) is 76.2 cm³/mol. The summed E-state index contributed by atoms with van der Waals surface area (Å²) in [4.78, 5) is 12.5. The minimum atomic E-state index is -0.758. The van der Waals surface area contributed by atoms with Crippen LogP contribution in [0, 0.1) is 29.1 Å². The second-order valence-corrected chi connectivity index (χ2v) is 7.13. The number of amides is 1. The van der Waals surface area contributed by atoms with Gasteiger partial charge in [-0.2, -0.15) is 0 Å². The van der Waals surface area contributed by atoms with E-state index in [0.29, 0.717) is 24.7 Å². The van der Waals surface area contributed by atoms with Gasteiger partial charge in [0.2, 0.25) is 5.91 Å². The van der Waals surface area contributed by atoms with Crippen LogP contribution in [0.15, 0.2) is 5.16 Å². The maximum Gasteiger partial charge on any atom is 0.233 e. The molecule has 0 bridgehead atoms. The number of rotatable bonds is 6. The van der Waals surface area contributed by atoms with E-state index >= 15 is 0 Å². The Bertz CT molecular complexity index is 409. The van der Waals surface area contributed by atoms with E-state index in [4.69, 9.17) is 10.9 Å². The molecule has 0 saturated heterocycles. The van der Waals surface area contributed by atoms with E-state index in [1.807, 2.05) is 0 Å². The molecule has 0 radical (unpaired) electrons. The summed E-state index contributed by atoms with van der Waals surface area (Å²) in [6.07, 6.45) is 6.65. The standard InChI is InChI=1S/C15H25N3O2/c1-9-6-15(7-9,13(16)18-20)14(19)17-8-12(10-2-3-10)11-4-5-11/h9-12,20H,2-8H2,1H3,(H2,16,18)(H,17,19). The number of hydrogen-bond acceptors (Lipinski definition) is 3. The number of nitrogens with zero attached hydrogens (tertiary/aromatic N) is 1. The lowest BCUT2D eigenvalue weighted by molar-refractivity contribution is -0.133. The maximum absolute atomic E-state index is 12.5. The fourth-order valence-corrected chi connectivity index (χ4v) is 3.88. The molecule has 1 amide bonds. The molecular formula is C15H25N3O2. The minimum absolute atomic E-state index is 0.0443. The maximum atomic E-state index is 12.5. The number of carbonyl (C=O) groups excluding carboxylic acids is 1. The third-order valence-corrected chi connectivity index (χ3v) is 5.38. The van der Waals surface area contributed by atoms with Crippen molar-refractivity contribution in [3.8, 4) is 0 Å². The first-order valence-corrected chi connectivity index (χ1v) is 7.83. The fraction of sp³-hybridized carbons (Fsp3) is 0.867. The van der Waals surface area contributed by atoms with E-state index in [-0.39, 0.29) is 11.7 Å². The van der Waals surface area contributed by atoms with Crippen LogP contribution in [0.25, 0.3) is 0 Å². The van der Waals surface area contributed by atoms with Gasteiger partial charge in [0.15, 0.2) is 5.84 Å². The summed E-state index contributed by atoms with van der Waals surface area (Å²) in [5.74, 6) is 2.79. The lowest BCUT2D eigenvalue weighted by Crippen LogP contribution is -2.57. The van der Waals surface area contributed by atoms with Crippen molar-refractivity contribution in [3.63, 3.8) is 0 Å². The Hall–Kier alpha value is -1.26. The van der Waals surface area contributed by atoms with Crippen molar-refractivity contribution in [2.45, 2.75) is 45.4 Å². The van der Waals surface area contributed by atoms with E-state index in [2.05, 4.69) is 17.4 Å². The van der Waals surface area contributed by atoms with Gasteiger partial charge in [0.1, 0.15) is 5.41 Å². The van der Waals surface area contributed by atoms with Crippen LogP contribution in [0.5, 0.6) is 0 Å². The number of hydrogen-bond donors (Lipinski definition) is 3. The number of carbonyl (C=O) groups is 1. The summed E-state index contributed by atoms with van der Waals surface area (Å²) in [7, 11) is 0. The molecule has 0 aromatic heterocycles. The van der Waals surface area contributed by atoms with E-state index < -0.39 is 5.41 Å². The van der Waals surface area contributed by atoms with Crippen LogP contribution in [0.3, 0.4) is 0 Å². The highest BCUT2D eigenvalue weighted by Gasteiger charge is 2.52. The summed E-state index contributed by atoms with van der Waals surface area (Å²) >= 11 is 0. The summed E-state index contributed by atoms with van der Waals surface area (Å²) in [5.41, 5.74) is 5.01. The molecule has 4 N–H and O–H groups in total. The van der Waals surface area contributed by atoms with Crippen LogP contribution in [0.4, 0.5) is 0 Å². The third-order valence-electron chi connectivity index (χ3n) is 5.38. The average Bonchev–Trinajstić information content (AvgIpc) is 3.25. The van der Waals surface area contributed by atoms with Gasteiger partial charge in [-0.15, -0.1) is 0 Å². The van der Waals surface area contributed by atoms with Crippen LogP contribution >= 0.6 is 0 Å². The smallest absolute Gasteiger partial charge is 0.233 e. The van der Waals surface area contributed by atoms with Crippen molar-refractivity contribution in [3.05, 3.63) is 0 Å². The zero-order chi connectivity index (χ0) is 14.3. The Balaban J connectivity index is 1.59. The van der Waals surface area contributed by atoms with Crippen LogP contribution < -0.4 is 11.1 Å². The van der Waals surface area contributed by atoms with Gasteiger partial charge in [-0.3, -0.25) is 4.79 Å². The second kappa shape index (κ2) is 4.93. The molecule has 0 spiro atoms. The lowest BCUT2D eigenvalue weighted by Gasteiger charge is -2.43. The Morgan fingerprint density at radius 2 is 1.90 bits per heavy atom. The van der Waals surface area contributed by atoms with Crippen molar-refractivity contribution >= 4 is 11.7 Å². The number of nitrogens with one attached hydrogen (secondary N) is 1. The van der Waals surface area contributed by atoms with Crippen molar-refractivity contribution in [2.75, 3.05) is 6.54 Å². The summed E-state index contributed by atoms with van der Waals surface area (Å²) in [6, 6.07) is 0. The minimum Gasteiger partial charge on any atom is -0.409 e. The number of nitrogens with two attached hydrogens (primary N) is 1. The zero-order valence-electron chi connectivity index (χ0n) is 12.1. The predicted octanol–water partition coefficient (Wildman–Crippen LogP) is 1.70. The first kappa shape index (κ1) is 13.7. The van der Waals surface area contributed by atoms with Gasteiger partial charge in [-0.1, -0.05) is 12.1 Å². The molecule has 3 rings (SSSR count). The van der Waals surface area contributed by atoms with Crippen molar-refractivity contribution in [1.82, 2.24) is 5.32 Å². The van der Waals surface area contributed by atoms with Crippen molar-refractivity contribution < 1.29 is 10.0 Å². The Labute approximate surface area is 120 Å². The number of oxime groups is 1. The van der Waals surface area contributed by atoms with Gasteiger partial charge in [0, 0.05) is 6.54 Å². The first-order valence-electron chi connectivity index (χ1n) is 7.83. The highest BCUT2D eigenvalue weighted by atomic mass is 16.4. The van der Waals surface area contributed by atoms with Crippen LogP contribution in [0.1, 0.15) is 45.4 Å². The molecule has 0 unspecified atom stereocenters. The van der Waals surface area contributed by atoms with Gasteiger partial charge < -0.3 is 16.3 Å². The first-order chi connectivity index (χ1) is 9.56. The summed E-state index contributed by atoms with van der Waals surface area (Å²) < 4.78 is 0. The molecule has 20 heavy (non-hydrogen) atoms. The third kappa shape index (κ3) is 2.38. The number of amidine groups is 1. The molecule has 0 atom stereocenters. The van der Waals surface area contributed by atoms with E-state index in [1.54, 1.807) is 0 Å². The van der Waals surface area contributed by atoms with Gasteiger partial charge >= 0.3 is 0 Å². The lowest BCUT2D eigenvalue weighted by atomic mass is 9.61. The molecule has 0 aromatic carbocycles. The van der Waals surface area contributed by atoms with Crippen LogP contribution in [-0.2, 0) is 4.79 Å². The monoisotopic (exact) mass is 279 g/mol. The normalized spacial score (nSPS) is 33.9. The van der Waals surface area contributed by atoms with E-state index in [9.17, 15) is 4.79 Å². The zero-order valence-corrected chi connectivity index (χ0v) is 12.1. The molecule has 3 aliphatic carbocycles. The quantitative estimate of drug-likeness (QED) is 0.299. The molecule has 3 aliphatic rings. The molecule has 3 fully saturated rings. The Morgan fingerprint density at radius 1 is 1.35 bits per heavy atom. The van der Waals surface area contributed by atoms with Gasteiger partial charge in [-0.05, 0) is 62.2 Å². The van der Waals surface area contributed by atoms with Crippen LogP contribution in [-0.4, -0.2) is 23.5 Å². The summed E-state index contributed by atoms with van der Waals surface area (Å²) in [5, 5.41) is 15.1. The highest BCUT2D eigenvalue weighted by Crippen LogP contribution is 2.49. The van der Waals surface area contributed by atoms with Gasteiger partial charge in [-0.25, -0.2) is 0 Å². The summed E-state index contributed by atoms with van der Waals surface area (Å²) in [6.45, 7) is 2.86. The topological polar surface area (TPSA) is 87.7 Å². The second-order valence-electron chi connectivity index (χ2n) is 7.13. The fourth-order valence-electron chi connectivity index (χ4n) is 3.88.